The molecule has 3 aromatic heterocycles. The molecular weight excluding hydrogens is 330 g/mol. The van der Waals surface area contributed by atoms with Crippen molar-refractivity contribution in [2.24, 2.45) is 5.18 Å². The van der Waals surface area contributed by atoms with Gasteiger partial charge in [0.2, 0.25) is 0 Å². The summed E-state index contributed by atoms with van der Waals surface area (Å²) in [7, 11) is 0. The summed E-state index contributed by atoms with van der Waals surface area (Å²) in [5.74, 6) is 0.567. The molecule has 0 bridgehead atoms. The third-order valence-corrected chi connectivity index (χ3v) is 4.10. The number of hydrogen-bond acceptors (Lipinski definition) is 5. The second-order valence-corrected chi connectivity index (χ2v) is 5.70. The van der Waals surface area contributed by atoms with E-state index in [-0.39, 0.29) is 5.69 Å². The van der Waals surface area contributed by atoms with Crippen molar-refractivity contribution in [3.05, 3.63) is 88.4 Å². The van der Waals surface area contributed by atoms with Crippen molar-refractivity contribution in [3.8, 4) is 11.5 Å². The van der Waals surface area contributed by atoms with E-state index in [0.717, 1.165) is 0 Å². The van der Waals surface area contributed by atoms with Crippen molar-refractivity contribution in [1.29, 1.82) is 0 Å². The molecular formula is C19H14N5O2+. The van der Waals surface area contributed by atoms with Crippen LogP contribution in [0.4, 0.5) is 11.4 Å². The van der Waals surface area contributed by atoms with Crippen LogP contribution in [-0.4, -0.2) is 9.55 Å². The van der Waals surface area contributed by atoms with Crippen LogP contribution in [-0.2, 0) is 0 Å². The molecule has 3 heterocycles. The lowest BCUT2D eigenvalue weighted by atomic mass is 10.2. The summed E-state index contributed by atoms with van der Waals surface area (Å²) in [6.07, 6.45) is 5.15. The number of rotatable bonds is 3. The van der Waals surface area contributed by atoms with Crippen molar-refractivity contribution < 1.29 is 4.57 Å². The molecule has 0 atom stereocenters. The maximum atomic E-state index is 12.7. The zero-order valence-electron chi connectivity index (χ0n) is 13.6. The number of anilines is 1. The fraction of sp³-hybridized carbons (Fsp3) is 0. The Morgan fingerprint density at radius 2 is 1.77 bits per heavy atom. The van der Waals surface area contributed by atoms with Crippen LogP contribution in [0.2, 0.25) is 0 Å². The summed E-state index contributed by atoms with van der Waals surface area (Å²) in [6, 6.07) is 15.8. The van der Waals surface area contributed by atoms with E-state index in [4.69, 9.17) is 5.73 Å². The quantitative estimate of drug-likeness (QED) is 0.456. The molecule has 0 aliphatic carbocycles. The molecule has 1 aromatic carbocycles. The molecule has 7 nitrogen and oxygen atoms in total. The molecule has 126 valence electrons. The van der Waals surface area contributed by atoms with Gasteiger partial charge in [0, 0.05) is 29.6 Å². The van der Waals surface area contributed by atoms with E-state index in [9.17, 15) is 9.70 Å². The van der Waals surface area contributed by atoms with Crippen LogP contribution in [0, 0.1) is 4.91 Å². The Labute approximate surface area is 148 Å². The third kappa shape index (κ3) is 2.51. The molecule has 4 rings (SSSR count). The highest BCUT2D eigenvalue weighted by Gasteiger charge is 2.19. The maximum Gasteiger partial charge on any atom is 0.336 e. The lowest BCUT2D eigenvalue weighted by Crippen LogP contribution is -2.31. The van der Waals surface area contributed by atoms with Gasteiger partial charge in [-0.1, -0.05) is 18.2 Å². The summed E-state index contributed by atoms with van der Waals surface area (Å²) in [5.41, 5.74) is 7.00. The number of para-hydroxylation sites is 1. The number of nitrogens with zero attached hydrogens (tertiary/aromatic N) is 4. The summed E-state index contributed by atoms with van der Waals surface area (Å²) in [5, 5.41) is 3.54. The number of pyridine rings is 3. The van der Waals surface area contributed by atoms with Crippen molar-refractivity contribution in [2.45, 2.75) is 0 Å². The smallest absolute Gasteiger partial charge is 0.336 e. The van der Waals surface area contributed by atoms with E-state index in [1.807, 2.05) is 18.2 Å². The number of nitroso groups, excluding NO2 is 1. The summed E-state index contributed by atoms with van der Waals surface area (Å²) < 4.78 is 3.24. The van der Waals surface area contributed by atoms with E-state index in [0.29, 0.717) is 28.1 Å². The molecule has 0 aliphatic rings. The first-order chi connectivity index (χ1) is 12.7. The zero-order valence-corrected chi connectivity index (χ0v) is 13.6. The fourth-order valence-corrected chi connectivity index (χ4v) is 2.89. The average molecular weight is 344 g/mol. The van der Waals surface area contributed by atoms with E-state index < -0.39 is 5.56 Å². The zero-order chi connectivity index (χ0) is 18.1. The van der Waals surface area contributed by atoms with Gasteiger partial charge in [-0.25, -0.2) is 4.57 Å². The Kier molecular flexibility index (Phi) is 3.74. The van der Waals surface area contributed by atoms with Crippen LogP contribution in [0.5, 0.6) is 0 Å². The van der Waals surface area contributed by atoms with E-state index in [2.05, 4.69) is 10.2 Å². The van der Waals surface area contributed by atoms with Gasteiger partial charge in [0.25, 0.3) is 5.56 Å². The van der Waals surface area contributed by atoms with Gasteiger partial charge < -0.3 is 5.73 Å². The van der Waals surface area contributed by atoms with Crippen LogP contribution in [0.25, 0.3) is 22.4 Å². The summed E-state index contributed by atoms with van der Waals surface area (Å²) >= 11 is 0. The molecule has 4 aromatic rings. The molecule has 0 aliphatic heterocycles. The monoisotopic (exact) mass is 344 g/mol. The molecule has 0 spiro atoms. The largest absolute Gasteiger partial charge is 0.399 e. The highest BCUT2D eigenvalue weighted by molar-refractivity contribution is 5.87. The standard InChI is InChI=1S/C19H13N5O2/c20-13-7-10-23(11-8-13)18-15-12-16(22-26)19(25)24(17(15)6-9-21-18)14-4-2-1-3-5-14/h1-12,20H/p+1. The molecule has 0 fully saturated rings. The van der Waals surface area contributed by atoms with Gasteiger partial charge in [-0.05, 0) is 28.4 Å². The SMILES string of the molecule is Nc1cc[n+](-c2nccc3c2cc(N=O)c(=O)n3-c2ccccc2)cc1. The van der Waals surface area contributed by atoms with Gasteiger partial charge in [-0.3, -0.25) is 9.36 Å². The molecule has 0 radical (unpaired) electrons. The lowest BCUT2D eigenvalue weighted by molar-refractivity contribution is -0.597. The van der Waals surface area contributed by atoms with Gasteiger partial charge in [0.1, 0.15) is 6.20 Å². The summed E-state index contributed by atoms with van der Waals surface area (Å²) in [6.45, 7) is 0. The van der Waals surface area contributed by atoms with Crippen molar-refractivity contribution in [1.82, 2.24) is 9.55 Å². The molecule has 7 heteroatoms. The Bertz CT molecular complexity index is 1170. The van der Waals surface area contributed by atoms with E-state index in [1.165, 1.54) is 10.6 Å². The predicted octanol–water partition coefficient (Wildman–Crippen LogP) is 2.64. The number of fused-ring (bicyclic) bond motifs is 1. The van der Waals surface area contributed by atoms with E-state index >= 15 is 0 Å². The Morgan fingerprint density at radius 3 is 2.46 bits per heavy atom. The number of nitrogen functional groups attached to an aromatic ring is 1. The second kappa shape index (κ2) is 6.21. The van der Waals surface area contributed by atoms with E-state index in [1.54, 1.807) is 53.5 Å². The first-order valence-corrected chi connectivity index (χ1v) is 7.90. The van der Waals surface area contributed by atoms with Crippen LogP contribution in [0.3, 0.4) is 0 Å². The summed E-state index contributed by atoms with van der Waals surface area (Å²) in [4.78, 5) is 28.4. The predicted molar refractivity (Wildman–Crippen MR) is 98.7 cm³/mol. The Hall–Kier alpha value is -3.87. The average Bonchev–Trinajstić information content (AvgIpc) is 2.68. The first kappa shape index (κ1) is 15.6. The maximum absolute atomic E-state index is 12.7. The van der Waals surface area contributed by atoms with Crippen LogP contribution in [0.1, 0.15) is 0 Å². The highest BCUT2D eigenvalue weighted by Crippen LogP contribution is 2.23. The van der Waals surface area contributed by atoms with Gasteiger partial charge in [0.15, 0.2) is 5.69 Å². The minimum absolute atomic E-state index is 0.174. The topological polar surface area (TPSA) is 94.2 Å². The second-order valence-electron chi connectivity index (χ2n) is 5.70. The molecule has 0 saturated carbocycles. The lowest BCUT2D eigenvalue weighted by Gasteiger charge is -2.10. The molecule has 0 amide bonds. The van der Waals surface area contributed by atoms with Gasteiger partial charge in [0.05, 0.1) is 23.3 Å². The Balaban J connectivity index is 2.11. The number of hydrogen-bond donors (Lipinski definition) is 1. The normalized spacial score (nSPS) is 10.8. The van der Waals surface area contributed by atoms with Gasteiger partial charge >= 0.3 is 5.82 Å². The highest BCUT2D eigenvalue weighted by atomic mass is 16.3. The van der Waals surface area contributed by atoms with Gasteiger partial charge in [-0.2, -0.15) is 0 Å². The van der Waals surface area contributed by atoms with Crippen molar-refractivity contribution in [2.75, 3.05) is 5.73 Å². The van der Waals surface area contributed by atoms with Crippen LogP contribution >= 0.6 is 0 Å². The minimum Gasteiger partial charge on any atom is -0.399 e. The van der Waals surface area contributed by atoms with Crippen LogP contribution in [0.15, 0.2) is 83.2 Å². The molecule has 0 saturated heterocycles. The molecule has 26 heavy (non-hydrogen) atoms. The number of nitrogens with two attached hydrogens (primary N) is 1. The first-order valence-electron chi connectivity index (χ1n) is 7.90. The number of benzene rings is 1. The van der Waals surface area contributed by atoms with Crippen LogP contribution < -0.4 is 15.9 Å². The van der Waals surface area contributed by atoms with Gasteiger partial charge in [-0.15, -0.1) is 4.91 Å². The third-order valence-electron chi connectivity index (χ3n) is 4.10. The van der Waals surface area contributed by atoms with Crippen molar-refractivity contribution in [3.63, 3.8) is 0 Å². The number of aromatic nitrogens is 3. The fourth-order valence-electron chi connectivity index (χ4n) is 2.89. The molecule has 2 N–H and O–H groups in total. The van der Waals surface area contributed by atoms with Crippen molar-refractivity contribution >= 4 is 22.3 Å². The minimum atomic E-state index is -0.474. The Morgan fingerprint density at radius 1 is 1.04 bits per heavy atom. The molecule has 0 unspecified atom stereocenters.